The highest BCUT2D eigenvalue weighted by molar-refractivity contribution is 5.81. The minimum Gasteiger partial charge on any atom is -0.369 e. The van der Waals surface area contributed by atoms with Crippen LogP contribution in [-0.4, -0.2) is 30.4 Å². The number of primary amides is 1. The van der Waals surface area contributed by atoms with Gasteiger partial charge in [-0.1, -0.05) is 13.3 Å². The van der Waals surface area contributed by atoms with Crippen molar-refractivity contribution in [1.82, 2.24) is 4.90 Å². The van der Waals surface area contributed by atoms with Crippen LogP contribution in [0.15, 0.2) is 0 Å². The molecule has 2 unspecified atom stereocenters. The van der Waals surface area contributed by atoms with E-state index in [0.29, 0.717) is 6.04 Å². The summed E-state index contributed by atoms with van der Waals surface area (Å²) in [6, 6.07) is 0.347. The summed E-state index contributed by atoms with van der Waals surface area (Å²) in [5.74, 6) is -0.141. The number of nitrogens with zero attached hydrogens (tertiary/aromatic N) is 1. The average molecular weight is 198 g/mol. The van der Waals surface area contributed by atoms with Crippen molar-refractivity contribution in [3.05, 3.63) is 0 Å². The number of nitrogens with two attached hydrogens (primary N) is 1. The van der Waals surface area contributed by atoms with E-state index in [0.717, 1.165) is 25.8 Å². The molecule has 2 N–H and O–H groups in total. The van der Waals surface area contributed by atoms with Crippen molar-refractivity contribution in [3.8, 4) is 0 Å². The summed E-state index contributed by atoms with van der Waals surface area (Å²) in [7, 11) is 2.09. The molecule has 14 heavy (non-hydrogen) atoms. The molecule has 82 valence electrons. The second kappa shape index (κ2) is 4.30. The van der Waals surface area contributed by atoms with Crippen LogP contribution in [0.1, 0.15) is 39.5 Å². The standard InChI is InChI=1S/C11H22N2O/c1-4-7-11(2,10(12)14)9-6-5-8-13(9)3/h9H,4-8H2,1-3H3,(H2,12,14). The Morgan fingerprint density at radius 2 is 2.29 bits per heavy atom. The third kappa shape index (κ3) is 1.92. The van der Waals surface area contributed by atoms with Gasteiger partial charge in [0.05, 0.1) is 5.41 Å². The van der Waals surface area contributed by atoms with Gasteiger partial charge in [-0.3, -0.25) is 4.79 Å². The molecule has 1 aliphatic heterocycles. The molecular weight excluding hydrogens is 176 g/mol. The number of carbonyl (C=O) groups is 1. The first-order valence-electron chi connectivity index (χ1n) is 5.52. The van der Waals surface area contributed by atoms with Gasteiger partial charge in [0.15, 0.2) is 0 Å². The summed E-state index contributed by atoms with van der Waals surface area (Å²) in [5.41, 5.74) is 5.20. The SMILES string of the molecule is CCCC(C)(C(N)=O)C1CCCN1C. The Morgan fingerprint density at radius 3 is 2.64 bits per heavy atom. The van der Waals surface area contributed by atoms with E-state index in [-0.39, 0.29) is 11.3 Å². The van der Waals surface area contributed by atoms with E-state index in [1.165, 1.54) is 6.42 Å². The molecule has 1 heterocycles. The van der Waals surface area contributed by atoms with Gasteiger partial charge in [-0.25, -0.2) is 0 Å². The van der Waals surface area contributed by atoms with E-state index in [1.54, 1.807) is 0 Å². The molecule has 1 fully saturated rings. The average Bonchev–Trinajstić information content (AvgIpc) is 2.51. The molecule has 0 bridgehead atoms. The highest BCUT2D eigenvalue weighted by Crippen LogP contribution is 2.36. The van der Waals surface area contributed by atoms with Crippen molar-refractivity contribution in [3.63, 3.8) is 0 Å². The molecule has 1 saturated heterocycles. The Kier molecular flexibility index (Phi) is 3.53. The van der Waals surface area contributed by atoms with Crippen molar-refractivity contribution in [1.29, 1.82) is 0 Å². The zero-order chi connectivity index (χ0) is 10.8. The molecule has 3 heteroatoms. The topological polar surface area (TPSA) is 46.3 Å². The lowest BCUT2D eigenvalue weighted by molar-refractivity contribution is -0.130. The van der Waals surface area contributed by atoms with Crippen molar-refractivity contribution in [2.75, 3.05) is 13.6 Å². The van der Waals surface area contributed by atoms with E-state index in [2.05, 4.69) is 18.9 Å². The van der Waals surface area contributed by atoms with Gasteiger partial charge in [0.25, 0.3) is 0 Å². The quantitative estimate of drug-likeness (QED) is 0.741. The Bertz CT molecular complexity index is 217. The maximum atomic E-state index is 11.5. The molecule has 0 aromatic carbocycles. The van der Waals surface area contributed by atoms with E-state index >= 15 is 0 Å². The zero-order valence-corrected chi connectivity index (χ0v) is 9.55. The van der Waals surface area contributed by atoms with Crippen LogP contribution in [0.25, 0.3) is 0 Å². The molecular formula is C11H22N2O. The summed E-state index contributed by atoms with van der Waals surface area (Å²) in [5, 5.41) is 0. The van der Waals surface area contributed by atoms with Gasteiger partial charge in [-0.05, 0) is 39.8 Å². The Labute approximate surface area is 86.6 Å². The fourth-order valence-corrected chi connectivity index (χ4v) is 2.69. The predicted molar refractivity (Wildman–Crippen MR) is 57.9 cm³/mol. The van der Waals surface area contributed by atoms with Gasteiger partial charge in [0.1, 0.15) is 0 Å². The van der Waals surface area contributed by atoms with E-state index in [9.17, 15) is 4.79 Å². The lowest BCUT2D eigenvalue weighted by Crippen LogP contribution is -2.49. The molecule has 0 aliphatic carbocycles. The zero-order valence-electron chi connectivity index (χ0n) is 9.55. The Morgan fingerprint density at radius 1 is 1.64 bits per heavy atom. The summed E-state index contributed by atoms with van der Waals surface area (Å²) >= 11 is 0. The van der Waals surface area contributed by atoms with Crippen LogP contribution in [0.4, 0.5) is 0 Å². The number of likely N-dealkylation sites (tertiary alicyclic amines) is 1. The highest BCUT2D eigenvalue weighted by Gasteiger charge is 2.42. The summed E-state index contributed by atoms with van der Waals surface area (Å²) < 4.78 is 0. The van der Waals surface area contributed by atoms with Gasteiger partial charge < -0.3 is 10.6 Å². The molecule has 2 atom stereocenters. The molecule has 1 aliphatic rings. The van der Waals surface area contributed by atoms with Crippen molar-refractivity contribution >= 4 is 5.91 Å². The number of amides is 1. The summed E-state index contributed by atoms with van der Waals surface area (Å²) in [6.07, 6.45) is 4.21. The molecule has 0 spiro atoms. The van der Waals surface area contributed by atoms with E-state index in [1.807, 2.05) is 6.92 Å². The van der Waals surface area contributed by atoms with Crippen LogP contribution in [0.5, 0.6) is 0 Å². The van der Waals surface area contributed by atoms with Crippen LogP contribution in [0.3, 0.4) is 0 Å². The predicted octanol–water partition coefficient (Wildman–Crippen LogP) is 1.37. The monoisotopic (exact) mass is 198 g/mol. The lowest BCUT2D eigenvalue weighted by Gasteiger charge is -2.36. The first kappa shape index (κ1) is 11.5. The molecule has 1 amide bonds. The Hall–Kier alpha value is -0.570. The normalized spacial score (nSPS) is 27.5. The number of hydrogen-bond acceptors (Lipinski definition) is 2. The number of hydrogen-bond donors (Lipinski definition) is 1. The van der Waals surface area contributed by atoms with Crippen LogP contribution in [0, 0.1) is 5.41 Å². The fourth-order valence-electron chi connectivity index (χ4n) is 2.69. The molecule has 0 aromatic heterocycles. The largest absolute Gasteiger partial charge is 0.369 e. The number of carbonyl (C=O) groups excluding carboxylic acids is 1. The Balaban J connectivity index is 2.80. The lowest BCUT2D eigenvalue weighted by atomic mass is 9.76. The molecule has 0 aromatic rings. The summed E-state index contributed by atoms with van der Waals surface area (Å²) in [6.45, 7) is 5.22. The maximum absolute atomic E-state index is 11.5. The van der Waals surface area contributed by atoms with E-state index in [4.69, 9.17) is 5.73 Å². The minimum absolute atomic E-state index is 0.141. The van der Waals surface area contributed by atoms with Gasteiger partial charge in [0, 0.05) is 6.04 Å². The molecule has 0 saturated carbocycles. The number of rotatable bonds is 4. The highest BCUT2D eigenvalue weighted by atomic mass is 16.1. The van der Waals surface area contributed by atoms with Gasteiger partial charge >= 0.3 is 0 Å². The van der Waals surface area contributed by atoms with Crippen LogP contribution >= 0.6 is 0 Å². The van der Waals surface area contributed by atoms with Crippen LogP contribution in [0.2, 0.25) is 0 Å². The first-order valence-corrected chi connectivity index (χ1v) is 5.52. The third-order valence-electron chi connectivity index (χ3n) is 3.59. The van der Waals surface area contributed by atoms with Crippen molar-refractivity contribution in [2.24, 2.45) is 11.1 Å². The second-order valence-electron chi connectivity index (χ2n) is 4.67. The molecule has 0 radical (unpaired) electrons. The van der Waals surface area contributed by atoms with Gasteiger partial charge in [-0.15, -0.1) is 0 Å². The van der Waals surface area contributed by atoms with Crippen molar-refractivity contribution < 1.29 is 4.79 Å². The smallest absolute Gasteiger partial charge is 0.224 e. The summed E-state index contributed by atoms with van der Waals surface area (Å²) in [4.78, 5) is 13.8. The molecule has 1 rings (SSSR count). The second-order valence-corrected chi connectivity index (χ2v) is 4.67. The van der Waals surface area contributed by atoms with Crippen LogP contribution < -0.4 is 5.73 Å². The molecule has 3 nitrogen and oxygen atoms in total. The van der Waals surface area contributed by atoms with Crippen molar-refractivity contribution in [2.45, 2.75) is 45.6 Å². The fraction of sp³-hybridized carbons (Fsp3) is 0.909. The van der Waals surface area contributed by atoms with Crippen LogP contribution in [-0.2, 0) is 4.79 Å². The van der Waals surface area contributed by atoms with Gasteiger partial charge in [-0.2, -0.15) is 0 Å². The van der Waals surface area contributed by atoms with Gasteiger partial charge in [0.2, 0.25) is 5.91 Å². The minimum atomic E-state index is -0.333. The maximum Gasteiger partial charge on any atom is 0.224 e. The first-order chi connectivity index (χ1) is 6.52. The van der Waals surface area contributed by atoms with E-state index < -0.39 is 0 Å². The third-order valence-corrected chi connectivity index (χ3v) is 3.59.